The first-order valence-corrected chi connectivity index (χ1v) is 25.3. The van der Waals surface area contributed by atoms with Gasteiger partial charge in [0.2, 0.25) is 0 Å². The van der Waals surface area contributed by atoms with Gasteiger partial charge in [-0.3, -0.25) is 0 Å². The van der Waals surface area contributed by atoms with Crippen molar-refractivity contribution in [1.29, 1.82) is 0 Å². The van der Waals surface area contributed by atoms with Crippen molar-refractivity contribution in [2.24, 2.45) is 272 Å². The molecule has 0 N–H and O–H groups in total. The van der Waals surface area contributed by atoms with Crippen molar-refractivity contribution in [3.05, 3.63) is 0 Å². The minimum absolute atomic E-state index is 1.17. The lowest BCUT2D eigenvalue weighted by Crippen LogP contribution is -2.98. The summed E-state index contributed by atoms with van der Waals surface area (Å²) in [4.78, 5) is 0. The van der Waals surface area contributed by atoms with Gasteiger partial charge in [0, 0.05) is 0 Å². The highest BCUT2D eigenvalue weighted by molar-refractivity contribution is 6.56. The number of rotatable bonds is 0. The first-order chi connectivity index (χ1) is 25.5. The van der Waals surface area contributed by atoms with E-state index in [-0.39, 0.29) is 0 Å². The van der Waals surface area contributed by atoms with Crippen LogP contribution in [0.15, 0.2) is 0 Å². The van der Waals surface area contributed by atoms with Crippen LogP contribution in [0.4, 0.5) is 0 Å². The Morgan fingerprint density at radius 3 is 0.451 bits per heavy atom. The van der Waals surface area contributed by atoms with E-state index in [0.29, 0.717) is 0 Å². The van der Waals surface area contributed by atoms with Gasteiger partial charge in [0.05, 0.1) is 0 Å². The highest BCUT2D eigenvalue weighted by atomic mass is 15.0. The Kier molecular flexibility index (Phi) is 2.48. The fourth-order valence-electron chi connectivity index (χ4n) is 33.1. The molecular weight excluding hydrogens is 611 g/mol. The van der Waals surface area contributed by atoms with Crippen LogP contribution >= 0.6 is 0 Å². The smallest absolute Gasteiger partial charge is 0.0691 e. The van der Waals surface area contributed by atoms with Gasteiger partial charge in [0.25, 0.3) is 0 Å². The summed E-state index contributed by atoms with van der Waals surface area (Å²) in [5.74, 6) is 62.9. The summed E-state index contributed by atoms with van der Waals surface area (Å²) >= 11 is 0. The molecule has 0 nitrogen and oxygen atoms in total. The summed E-state index contributed by atoms with van der Waals surface area (Å²) in [6.07, 6.45) is 3.32. The Balaban J connectivity index is 0.495. The number of hydrogen-bond donors (Lipinski definition) is 0. The lowest BCUT2D eigenvalue weighted by atomic mass is 9.03. The fraction of sp³-hybridized carbons (Fsp3) is 1.00. The molecule has 1 heteroatoms. The summed E-state index contributed by atoms with van der Waals surface area (Å²) in [5.41, 5.74) is 0. The Labute approximate surface area is 302 Å². The van der Waals surface area contributed by atoms with Gasteiger partial charge in [-0.1, -0.05) is 11.6 Å². The summed E-state index contributed by atoms with van der Waals surface area (Å²) in [6.45, 7) is 0. The molecule has 48 atom stereocenters. The third-order valence-electron chi connectivity index (χ3n) is 32.5. The summed E-state index contributed by atoms with van der Waals surface area (Å²) in [5, 5.41) is 0. The maximum atomic E-state index is 2.81. The van der Waals surface area contributed by atoms with Crippen LogP contribution in [0.25, 0.3) is 0 Å². The van der Waals surface area contributed by atoms with E-state index >= 15 is 0 Å². The van der Waals surface area contributed by atoms with Crippen molar-refractivity contribution in [3.8, 4) is 0 Å². The molecule has 1 heterocycles. The molecule has 0 bridgehead atoms. The SMILES string of the molecule is [B]1C2C1C1C2C2C1C1C2C2C1C1C2C2C1C1C2C2C1C1C2C2C1C1C2C2C3C4C5C6C7C8C9C%10C%11C%12C%13CCC%13C%12C%11C%10C9C8C7C6C5C4C3C12. The van der Waals surface area contributed by atoms with Crippen molar-refractivity contribution in [2.45, 2.75) is 24.5 Å². The Morgan fingerprint density at radius 1 is 0.157 bits per heavy atom. The second kappa shape index (κ2) is 5.57. The normalized spacial score (nSPS) is 103. The Bertz CT molecular complexity index is 1980. The maximum absolute atomic E-state index is 2.81. The van der Waals surface area contributed by atoms with Crippen molar-refractivity contribution in [2.75, 3.05) is 0 Å². The molecule has 25 aliphatic rings. The average Bonchev–Trinajstić information content (AvgIpc) is 3.75. The van der Waals surface area contributed by atoms with Crippen LogP contribution in [-0.2, 0) is 0 Å². The largest absolute Gasteiger partial charge is 0.117 e. The van der Waals surface area contributed by atoms with Crippen LogP contribution in [0.1, 0.15) is 12.8 Å². The summed E-state index contributed by atoms with van der Waals surface area (Å²) < 4.78 is 0. The van der Waals surface area contributed by atoms with E-state index in [1.165, 1.54) is 284 Å². The topological polar surface area (TPSA) is 0 Å². The monoisotopic (exact) mass is 663 g/mol. The van der Waals surface area contributed by atoms with Crippen LogP contribution in [0.2, 0.25) is 11.6 Å². The molecule has 0 amide bonds. The van der Waals surface area contributed by atoms with Gasteiger partial charge < -0.3 is 0 Å². The van der Waals surface area contributed by atoms with Gasteiger partial charge >= 0.3 is 0 Å². The van der Waals surface area contributed by atoms with Crippen molar-refractivity contribution >= 4 is 7.28 Å². The molecule has 1 aliphatic heterocycles. The van der Waals surface area contributed by atoms with Crippen LogP contribution in [0, 0.1) is 272 Å². The van der Waals surface area contributed by atoms with Crippen LogP contribution < -0.4 is 0 Å². The van der Waals surface area contributed by atoms with Gasteiger partial charge in [-0.25, -0.2) is 0 Å². The average molecular weight is 664 g/mol. The standard InChI is InChI=1S/C50H52B/c1-2-4-3(1)5-6(4)8-7(5)9-10(8)12-11(9)13-14(12)16-15(13)17-18(16)20-19(17)21-22(20)24-23(21)25-26(24)28-27(25)29-30(28)32-31(29)33-34(32)36-35(33)37-38(36)40-39(37)41-42(40)44-43(41)45-46(44)48-47(45)49-50(48)51-49/h3-50H,1-2H2. The van der Waals surface area contributed by atoms with Gasteiger partial charge in [-0.2, -0.15) is 0 Å². The third kappa shape index (κ3) is 1.40. The van der Waals surface area contributed by atoms with E-state index in [1.54, 1.807) is 12.8 Å². The minimum atomic E-state index is 1.17. The lowest BCUT2D eigenvalue weighted by molar-refractivity contribution is -0.550. The number of fused-ring (bicyclic) bond motifs is 70. The second-order valence-corrected chi connectivity index (χ2v) is 28.7. The van der Waals surface area contributed by atoms with Gasteiger partial charge in [0.15, 0.2) is 0 Å². The molecule has 1 saturated heterocycles. The molecule has 24 aliphatic carbocycles. The Hall–Kier alpha value is 0.0649. The molecule has 48 unspecified atom stereocenters. The van der Waals surface area contributed by atoms with E-state index in [1.807, 2.05) is 0 Å². The second-order valence-electron chi connectivity index (χ2n) is 28.7. The third-order valence-corrected chi connectivity index (χ3v) is 32.5. The van der Waals surface area contributed by atoms with E-state index in [9.17, 15) is 0 Å². The predicted octanol–water partition coefficient (Wildman–Crippen LogP) is 6.73. The predicted molar refractivity (Wildman–Crippen MR) is 183 cm³/mol. The lowest BCUT2D eigenvalue weighted by Gasteiger charge is -3.01. The van der Waals surface area contributed by atoms with Crippen molar-refractivity contribution in [1.82, 2.24) is 0 Å². The van der Waals surface area contributed by atoms with Gasteiger partial charge in [-0.15, -0.1) is 0 Å². The van der Waals surface area contributed by atoms with E-state index < -0.39 is 0 Å². The van der Waals surface area contributed by atoms with Crippen LogP contribution in [-0.4, -0.2) is 7.28 Å². The van der Waals surface area contributed by atoms with Crippen LogP contribution in [0.5, 0.6) is 0 Å². The van der Waals surface area contributed by atoms with Crippen molar-refractivity contribution in [3.63, 3.8) is 0 Å². The molecular formula is C50H52B. The first kappa shape index (κ1) is 22.7. The summed E-state index contributed by atoms with van der Waals surface area (Å²) in [6, 6.07) is 0. The van der Waals surface area contributed by atoms with E-state index in [2.05, 4.69) is 7.28 Å². The van der Waals surface area contributed by atoms with E-state index in [0.717, 1.165) is 0 Å². The summed E-state index contributed by atoms with van der Waals surface area (Å²) in [7, 11) is 2.81. The van der Waals surface area contributed by atoms with Crippen LogP contribution in [0.3, 0.4) is 0 Å². The maximum Gasteiger partial charge on any atom is 0.117 e. The zero-order valence-electron chi connectivity index (χ0n) is 29.7. The first-order valence-electron chi connectivity index (χ1n) is 25.3. The molecule has 255 valence electrons. The molecule has 0 aromatic heterocycles. The molecule has 51 heavy (non-hydrogen) atoms. The van der Waals surface area contributed by atoms with Crippen molar-refractivity contribution < 1.29 is 0 Å². The number of hydrogen-bond acceptors (Lipinski definition) is 0. The quantitative estimate of drug-likeness (QED) is 0.199. The Morgan fingerprint density at radius 2 is 0.294 bits per heavy atom. The minimum Gasteiger partial charge on any atom is -0.0691 e. The molecule has 24 saturated carbocycles. The molecule has 0 spiro atoms. The molecule has 1 radical (unpaired) electrons. The zero-order chi connectivity index (χ0) is 29.8. The molecule has 0 aromatic rings. The highest BCUT2D eigenvalue weighted by Gasteiger charge is 3.00. The molecule has 0 aromatic carbocycles. The molecule has 25 fully saturated rings. The molecule has 25 rings (SSSR count). The fourth-order valence-corrected chi connectivity index (χ4v) is 33.1. The van der Waals surface area contributed by atoms with Gasteiger partial charge in [0.1, 0.15) is 7.28 Å². The highest BCUT2D eigenvalue weighted by Crippen LogP contribution is 3.03. The zero-order valence-corrected chi connectivity index (χ0v) is 29.7. The van der Waals surface area contributed by atoms with E-state index in [4.69, 9.17) is 0 Å². The van der Waals surface area contributed by atoms with Gasteiger partial charge in [-0.05, 0) is 285 Å².